The number of hydrogen-bond donors (Lipinski definition) is 2. The van der Waals surface area contributed by atoms with Crippen molar-refractivity contribution < 1.29 is 4.79 Å². The Morgan fingerprint density at radius 2 is 1.08 bits per heavy atom. The van der Waals surface area contributed by atoms with Crippen molar-refractivity contribution in [3.63, 3.8) is 0 Å². The van der Waals surface area contributed by atoms with Gasteiger partial charge in [-0.3, -0.25) is 0 Å². The van der Waals surface area contributed by atoms with Gasteiger partial charge in [-0.1, -0.05) is 60.7 Å². The van der Waals surface area contributed by atoms with Gasteiger partial charge in [0.15, 0.2) is 0 Å². The number of likely N-dealkylation sites (N-methyl/N-ethyl adjacent to an activating group) is 2. The summed E-state index contributed by atoms with van der Waals surface area (Å²) < 4.78 is 0. The third kappa shape index (κ3) is 5.86. The maximum atomic E-state index is 12.3. The van der Waals surface area contributed by atoms with E-state index in [9.17, 15) is 4.79 Å². The van der Waals surface area contributed by atoms with Gasteiger partial charge >= 0.3 is 6.03 Å². The van der Waals surface area contributed by atoms with Gasteiger partial charge in [0.2, 0.25) is 0 Å². The van der Waals surface area contributed by atoms with E-state index in [-0.39, 0.29) is 18.1 Å². The molecule has 0 aliphatic carbocycles. The fraction of sp³-hybridized carbons (Fsp3) is 0.381. The smallest absolute Gasteiger partial charge is 0.314 e. The van der Waals surface area contributed by atoms with Gasteiger partial charge in [-0.25, -0.2) is 4.79 Å². The fourth-order valence-corrected chi connectivity index (χ4v) is 2.99. The summed E-state index contributed by atoms with van der Waals surface area (Å²) in [5, 5.41) is 6.00. The van der Waals surface area contributed by atoms with Crippen LogP contribution >= 0.6 is 0 Å². The second-order valence-corrected chi connectivity index (χ2v) is 6.87. The molecule has 0 aliphatic heterocycles. The van der Waals surface area contributed by atoms with Gasteiger partial charge in [-0.15, -0.1) is 0 Å². The van der Waals surface area contributed by atoms with Crippen LogP contribution in [0, 0.1) is 0 Å². The minimum atomic E-state index is -0.143. The molecule has 2 aromatic carbocycles. The number of urea groups is 1. The summed E-state index contributed by atoms with van der Waals surface area (Å²) in [5.74, 6) is 0. The summed E-state index contributed by atoms with van der Waals surface area (Å²) in [6, 6.07) is 20.6. The van der Waals surface area contributed by atoms with E-state index in [2.05, 4.69) is 44.7 Å². The standard InChI is InChI=1S/C21H30N4O/c1-24(2)19(17-11-7-5-8-12-17)15-22-21(26)23-16-20(25(3)4)18-13-9-6-10-14-18/h5-14,19-20H,15-16H2,1-4H3,(H2,22,23,26)/t19-,20-/m0/s1. The molecule has 0 spiro atoms. The molecule has 2 aromatic rings. The van der Waals surface area contributed by atoms with Gasteiger partial charge in [0.25, 0.3) is 0 Å². The van der Waals surface area contributed by atoms with E-state index in [0.717, 1.165) is 0 Å². The van der Waals surface area contributed by atoms with Crippen molar-refractivity contribution in [2.45, 2.75) is 12.1 Å². The molecular weight excluding hydrogens is 324 g/mol. The topological polar surface area (TPSA) is 47.6 Å². The van der Waals surface area contributed by atoms with E-state index in [1.807, 2.05) is 64.6 Å². The highest BCUT2D eigenvalue weighted by atomic mass is 16.2. The maximum Gasteiger partial charge on any atom is 0.314 e. The van der Waals surface area contributed by atoms with Gasteiger partial charge in [0, 0.05) is 13.1 Å². The summed E-state index contributed by atoms with van der Waals surface area (Å²) in [4.78, 5) is 16.5. The Labute approximate surface area is 157 Å². The van der Waals surface area contributed by atoms with Crippen LogP contribution in [0.15, 0.2) is 60.7 Å². The second kappa shape index (κ2) is 9.94. The zero-order chi connectivity index (χ0) is 18.9. The summed E-state index contributed by atoms with van der Waals surface area (Å²) >= 11 is 0. The minimum Gasteiger partial charge on any atom is -0.336 e. The molecule has 5 nitrogen and oxygen atoms in total. The van der Waals surface area contributed by atoms with Gasteiger partial charge in [0.05, 0.1) is 12.1 Å². The fourth-order valence-electron chi connectivity index (χ4n) is 2.99. The predicted molar refractivity (Wildman–Crippen MR) is 107 cm³/mol. The molecule has 0 aromatic heterocycles. The molecule has 2 amide bonds. The molecule has 0 aliphatic rings. The first-order valence-electron chi connectivity index (χ1n) is 8.93. The molecule has 140 valence electrons. The summed E-state index contributed by atoms with van der Waals surface area (Å²) in [7, 11) is 8.09. The number of carbonyl (C=O) groups excluding carboxylic acids is 1. The number of carbonyl (C=O) groups is 1. The Hall–Kier alpha value is -2.37. The first-order valence-corrected chi connectivity index (χ1v) is 8.93. The van der Waals surface area contributed by atoms with E-state index in [0.29, 0.717) is 13.1 Å². The SMILES string of the molecule is CN(C)[C@@H](CNC(=O)NC[C@@H](c1ccccc1)N(C)C)c1ccccc1. The normalized spacial score (nSPS) is 13.5. The summed E-state index contributed by atoms with van der Waals surface area (Å²) in [6.07, 6.45) is 0. The zero-order valence-electron chi connectivity index (χ0n) is 16.1. The first-order chi connectivity index (χ1) is 12.5. The van der Waals surface area contributed by atoms with Crippen molar-refractivity contribution in [2.75, 3.05) is 41.3 Å². The van der Waals surface area contributed by atoms with E-state index in [1.54, 1.807) is 0 Å². The molecule has 0 saturated carbocycles. The highest BCUT2D eigenvalue weighted by molar-refractivity contribution is 5.73. The average Bonchev–Trinajstić information content (AvgIpc) is 2.63. The lowest BCUT2D eigenvalue weighted by Crippen LogP contribution is -2.43. The largest absolute Gasteiger partial charge is 0.336 e. The van der Waals surface area contributed by atoms with Crippen molar-refractivity contribution >= 4 is 6.03 Å². The van der Waals surface area contributed by atoms with Gasteiger partial charge in [-0.05, 0) is 39.3 Å². The number of benzene rings is 2. The third-order valence-corrected chi connectivity index (χ3v) is 4.53. The Balaban J connectivity index is 1.89. The molecule has 0 fully saturated rings. The lowest BCUT2D eigenvalue weighted by atomic mass is 10.1. The van der Waals surface area contributed by atoms with Crippen LogP contribution in [0.3, 0.4) is 0 Å². The molecule has 0 unspecified atom stereocenters. The quantitative estimate of drug-likeness (QED) is 0.766. The first kappa shape index (κ1) is 19.9. The molecule has 2 N–H and O–H groups in total. The Bertz CT molecular complexity index is 601. The number of nitrogens with one attached hydrogen (secondary N) is 2. The van der Waals surface area contributed by atoms with Crippen molar-refractivity contribution in [2.24, 2.45) is 0 Å². The second-order valence-electron chi connectivity index (χ2n) is 6.87. The Morgan fingerprint density at radius 1 is 0.731 bits per heavy atom. The monoisotopic (exact) mass is 354 g/mol. The van der Waals surface area contributed by atoms with Crippen molar-refractivity contribution in [3.05, 3.63) is 71.8 Å². The summed E-state index contributed by atoms with van der Waals surface area (Å²) in [5.41, 5.74) is 2.38. The minimum absolute atomic E-state index is 0.140. The van der Waals surface area contributed by atoms with Gasteiger partial charge in [0.1, 0.15) is 0 Å². The van der Waals surface area contributed by atoms with Crippen LogP contribution in [0.25, 0.3) is 0 Å². The predicted octanol–water partition coefficient (Wildman–Crippen LogP) is 2.89. The molecular formula is C21H30N4O. The van der Waals surface area contributed by atoms with Crippen LogP contribution in [-0.2, 0) is 0 Å². The van der Waals surface area contributed by atoms with Crippen LogP contribution < -0.4 is 10.6 Å². The Morgan fingerprint density at radius 3 is 1.38 bits per heavy atom. The third-order valence-electron chi connectivity index (χ3n) is 4.53. The van der Waals surface area contributed by atoms with E-state index in [1.165, 1.54) is 11.1 Å². The number of hydrogen-bond acceptors (Lipinski definition) is 3. The van der Waals surface area contributed by atoms with Crippen molar-refractivity contribution in [1.29, 1.82) is 0 Å². The molecule has 0 heterocycles. The van der Waals surface area contributed by atoms with Crippen LogP contribution in [0.1, 0.15) is 23.2 Å². The molecule has 26 heavy (non-hydrogen) atoms. The van der Waals surface area contributed by atoms with Gasteiger partial charge in [-0.2, -0.15) is 0 Å². The van der Waals surface area contributed by atoms with Gasteiger partial charge < -0.3 is 20.4 Å². The lowest BCUT2D eigenvalue weighted by Gasteiger charge is -2.27. The highest BCUT2D eigenvalue weighted by Gasteiger charge is 2.17. The van der Waals surface area contributed by atoms with Crippen molar-refractivity contribution in [1.82, 2.24) is 20.4 Å². The maximum absolute atomic E-state index is 12.3. The molecule has 5 heteroatoms. The van der Waals surface area contributed by atoms with E-state index in [4.69, 9.17) is 0 Å². The van der Waals surface area contributed by atoms with Crippen LogP contribution in [0.2, 0.25) is 0 Å². The van der Waals surface area contributed by atoms with E-state index >= 15 is 0 Å². The van der Waals surface area contributed by atoms with E-state index < -0.39 is 0 Å². The lowest BCUT2D eigenvalue weighted by molar-refractivity contribution is 0.226. The van der Waals surface area contributed by atoms with Crippen LogP contribution in [0.5, 0.6) is 0 Å². The van der Waals surface area contributed by atoms with Crippen molar-refractivity contribution in [3.8, 4) is 0 Å². The number of rotatable bonds is 8. The average molecular weight is 354 g/mol. The van der Waals surface area contributed by atoms with Crippen LogP contribution in [-0.4, -0.2) is 57.1 Å². The number of amides is 2. The molecule has 2 rings (SSSR count). The molecule has 0 radical (unpaired) electrons. The highest BCUT2D eigenvalue weighted by Crippen LogP contribution is 2.17. The molecule has 2 atom stereocenters. The molecule has 0 saturated heterocycles. The van der Waals surface area contributed by atoms with Crippen LogP contribution in [0.4, 0.5) is 4.79 Å². The Kier molecular flexibility index (Phi) is 7.63. The molecule has 0 bridgehead atoms. The number of nitrogens with zero attached hydrogens (tertiary/aromatic N) is 2. The zero-order valence-corrected chi connectivity index (χ0v) is 16.1. The summed E-state index contributed by atoms with van der Waals surface area (Å²) in [6.45, 7) is 1.11.